The summed E-state index contributed by atoms with van der Waals surface area (Å²) in [6.07, 6.45) is 1.51. The molecule has 1 fully saturated rings. The van der Waals surface area contributed by atoms with Crippen molar-refractivity contribution in [3.63, 3.8) is 0 Å². The van der Waals surface area contributed by atoms with Crippen molar-refractivity contribution in [3.8, 4) is 5.75 Å². The van der Waals surface area contributed by atoms with Gasteiger partial charge in [0.1, 0.15) is 11.7 Å². The van der Waals surface area contributed by atoms with E-state index in [0.29, 0.717) is 12.3 Å². The fourth-order valence-electron chi connectivity index (χ4n) is 3.02. The highest BCUT2D eigenvalue weighted by molar-refractivity contribution is 9.11. The Kier molecular flexibility index (Phi) is 6.28. The maximum atomic E-state index is 12.5. The van der Waals surface area contributed by atoms with Crippen molar-refractivity contribution in [1.29, 1.82) is 0 Å². The molecule has 2 aromatic rings. The molecular weight excluding hydrogens is 478 g/mol. The van der Waals surface area contributed by atoms with Crippen molar-refractivity contribution in [2.75, 3.05) is 13.7 Å². The number of amides is 2. The molecule has 140 valence electrons. The summed E-state index contributed by atoms with van der Waals surface area (Å²) in [5.41, 5.74) is 4.18. The van der Waals surface area contributed by atoms with Crippen LogP contribution in [-0.2, 0) is 9.59 Å². The van der Waals surface area contributed by atoms with E-state index in [-0.39, 0.29) is 11.8 Å². The van der Waals surface area contributed by atoms with Crippen LogP contribution < -0.4 is 15.5 Å². The molecule has 3 rings (SSSR count). The zero-order valence-corrected chi connectivity index (χ0v) is 17.6. The first-order chi connectivity index (χ1) is 13.0. The minimum Gasteiger partial charge on any atom is -0.494 e. The predicted octanol–water partition coefficient (Wildman–Crippen LogP) is 3.20. The van der Waals surface area contributed by atoms with Crippen molar-refractivity contribution < 1.29 is 14.3 Å². The van der Waals surface area contributed by atoms with Crippen LogP contribution in [-0.4, -0.2) is 31.7 Å². The number of halogens is 2. The highest BCUT2D eigenvalue weighted by atomic mass is 79.9. The normalized spacial score (nSPS) is 19.1. The molecule has 2 atom stereocenters. The molecule has 27 heavy (non-hydrogen) atoms. The number of methoxy groups -OCH3 is 1. The Morgan fingerprint density at radius 3 is 2.56 bits per heavy atom. The zero-order valence-electron chi connectivity index (χ0n) is 14.4. The van der Waals surface area contributed by atoms with E-state index in [2.05, 4.69) is 47.7 Å². The number of carbonyl (C=O) groups excluding carboxylic acids is 2. The fourth-order valence-corrected chi connectivity index (χ4v) is 4.57. The molecule has 1 heterocycles. The lowest BCUT2D eigenvalue weighted by Gasteiger charge is -2.15. The van der Waals surface area contributed by atoms with Gasteiger partial charge in [0.05, 0.1) is 22.3 Å². The second-order valence-corrected chi connectivity index (χ2v) is 7.70. The molecule has 2 amide bonds. The quantitative estimate of drug-likeness (QED) is 0.380. The minimum absolute atomic E-state index is 0.210. The summed E-state index contributed by atoms with van der Waals surface area (Å²) in [4.78, 5) is 24.7. The van der Waals surface area contributed by atoms with Crippen LogP contribution in [0.3, 0.4) is 0 Å². The molecule has 2 N–H and O–H groups in total. The van der Waals surface area contributed by atoms with Gasteiger partial charge in [0, 0.05) is 12.5 Å². The third-order valence-electron chi connectivity index (χ3n) is 4.30. The Balaban J connectivity index is 1.71. The SMILES string of the molecule is COc1c(Br)cc(/C=N/NC(=O)[C@H]2C(=O)NC[C@H]2c2ccccc2)cc1Br. The molecule has 0 aliphatic carbocycles. The monoisotopic (exact) mass is 493 g/mol. The topological polar surface area (TPSA) is 79.8 Å². The summed E-state index contributed by atoms with van der Waals surface area (Å²) in [5, 5.41) is 6.76. The summed E-state index contributed by atoms with van der Waals surface area (Å²) < 4.78 is 6.77. The van der Waals surface area contributed by atoms with E-state index in [1.54, 1.807) is 7.11 Å². The van der Waals surface area contributed by atoms with Crippen LogP contribution >= 0.6 is 31.9 Å². The average Bonchev–Trinajstić information content (AvgIpc) is 3.04. The Hall–Kier alpha value is -2.19. The van der Waals surface area contributed by atoms with E-state index in [1.165, 1.54) is 6.21 Å². The smallest absolute Gasteiger partial charge is 0.253 e. The molecule has 0 saturated carbocycles. The molecule has 1 aliphatic rings. The number of nitrogens with zero attached hydrogens (tertiary/aromatic N) is 1. The van der Waals surface area contributed by atoms with Crippen LogP contribution in [0.4, 0.5) is 0 Å². The highest BCUT2D eigenvalue weighted by Gasteiger charge is 2.40. The Morgan fingerprint density at radius 2 is 1.93 bits per heavy atom. The van der Waals surface area contributed by atoms with Crippen LogP contribution in [0.2, 0.25) is 0 Å². The van der Waals surface area contributed by atoms with Crippen LogP contribution in [0.5, 0.6) is 5.75 Å². The maximum Gasteiger partial charge on any atom is 0.253 e. The Bertz CT molecular complexity index is 864. The molecule has 1 saturated heterocycles. The standard InChI is InChI=1S/C19H17Br2N3O3/c1-27-17-14(20)7-11(8-15(17)21)9-23-24-19(26)16-13(10-22-18(16)25)12-5-3-2-4-6-12/h2-9,13,16H,10H2,1H3,(H,22,25)(H,24,26)/b23-9+/t13-,16+/m0/s1. The third-order valence-corrected chi connectivity index (χ3v) is 5.48. The van der Waals surface area contributed by atoms with Gasteiger partial charge in [-0.2, -0.15) is 5.10 Å². The van der Waals surface area contributed by atoms with E-state index in [1.807, 2.05) is 42.5 Å². The number of hydrogen-bond donors (Lipinski definition) is 2. The molecule has 1 aliphatic heterocycles. The summed E-state index contributed by atoms with van der Waals surface area (Å²) in [6.45, 7) is 0.434. The van der Waals surface area contributed by atoms with E-state index in [0.717, 1.165) is 20.1 Å². The maximum absolute atomic E-state index is 12.5. The summed E-state index contributed by atoms with van der Waals surface area (Å²) >= 11 is 6.84. The van der Waals surface area contributed by atoms with Crippen LogP contribution in [0.25, 0.3) is 0 Å². The van der Waals surface area contributed by atoms with E-state index in [9.17, 15) is 9.59 Å². The molecule has 2 aromatic carbocycles. The number of benzene rings is 2. The second kappa shape index (κ2) is 8.67. The molecule has 0 aromatic heterocycles. The van der Waals surface area contributed by atoms with Crippen molar-refractivity contribution >= 4 is 49.9 Å². The molecular formula is C19H17Br2N3O3. The van der Waals surface area contributed by atoms with Gasteiger partial charge in [0.25, 0.3) is 5.91 Å². The van der Waals surface area contributed by atoms with Crippen LogP contribution in [0.15, 0.2) is 56.5 Å². The largest absolute Gasteiger partial charge is 0.494 e. The van der Waals surface area contributed by atoms with Gasteiger partial charge in [0.15, 0.2) is 0 Å². The van der Waals surface area contributed by atoms with Crippen LogP contribution in [0.1, 0.15) is 17.0 Å². The molecule has 0 radical (unpaired) electrons. The van der Waals surface area contributed by atoms with Crippen molar-refractivity contribution in [2.24, 2.45) is 11.0 Å². The lowest BCUT2D eigenvalue weighted by atomic mass is 9.88. The first-order valence-corrected chi connectivity index (χ1v) is 9.78. The van der Waals surface area contributed by atoms with Gasteiger partial charge >= 0.3 is 0 Å². The fraction of sp³-hybridized carbons (Fsp3) is 0.211. The second-order valence-electron chi connectivity index (χ2n) is 5.99. The summed E-state index contributed by atoms with van der Waals surface area (Å²) in [7, 11) is 1.58. The van der Waals surface area contributed by atoms with Gasteiger partial charge in [-0.15, -0.1) is 0 Å². The average molecular weight is 495 g/mol. The van der Waals surface area contributed by atoms with Gasteiger partial charge in [-0.1, -0.05) is 30.3 Å². The molecule has 0 spiro atoms. The predicted molar refractivity (Wildman–Crippen MR) is 110 cm³/mol. The number of ether oxygens (including phenoxy) is 1. The molecule has 0 bridgehead atoms. The number of hydrogen-bond acceptors (Lipinski definition) is 4. The lowest BCUT2D eigenvalue weighted by Crippen LogP contribution is -2.34. The minimum atomic E-state index is -0.807. The zero-order chi connectivity index (χ0) is 19.4. The summed E-state index contributed by atoms with van der Waals surface area (Å²) in [5.74, 6) is -1.06. The van der Waals surface area contributed by atoms with Crippen molar-refractivity contribution in [1.82, 2.24) is 10.7 Å². The van der Waals surface area contributed by atoms with E-state index < -0.39 is 11.8 Å². The van der Waals surface area contributed by atoms with Gasteiger partial charge in [-0.05, 0) is 55.1 Å². The van der Waals surface area contributed by atoms with Crippen molar-refractivity contribution in [2.45, 2.75) is 5.92 Å². The molecule has 0 unspecified atom stereocenters. The number of rotatable bonds is 5. The van der Waals surface area contributed by atoms with Gasteiger partial charge in [-0.3, -0.25) is 9.59 Å². The van der Waals surface area contributed by atoms with E-state index in [4.69, 9.17) is 4.74 Å². The summed E-state index contributed by atoms with van der Waals surface area (Å²) in [6, 6.07) is 13.2. The van der Waals surface area contributed by atoms with Gasteiger partial charge in [-0.25, -0.2) is 5.43 Å². The first kappa shape index (κ1) is 19.6. The first-order valence-electron chi connectivity index (χ1n) is 8.20. The number of nitrogens with one attached hydrogen (secondary N) is 2. The lowest BCUT2D eigenvalue weighted by molar-refractivity contribution is -0.133. The number of carbonyl (C=O) groups is 2. The molecule has 6 nitrogen and oxygen atoms in total. The third kappa shape index (κ3) is 4.39. The highest BCUT2D eigenvalue weighted by Crippen LogP contribution is 2.34. The van der Waals surface area contributed by atoms with Crippen LogP contribution in [0, 0.1) is 5.92 Å². The Morgan fingerprint density at radius 1 is 1.26 bits per heavy atom. The van der Waals surface area contributed by atoms with E-state index >= 15 is 0 Å². The molecule has 8 heteroatoms. The van der Waals surface area contributed by atoms with Gasteiger partial charge in [0.2, 0.25) is 5.91 Å². The Labute approximate surface area is 173 Å². The number of hydrazone groups is 1. The van der Waals surface area contributed by atoms with Crippen molar-refractivity contribution in [3.05, 3.63) is 62.5 Å². The van der Waals surface area contributed by atoms with Gasteiger partial charge < -0.3 is 10.1 Å².